The van der Waals surface area contributed by atoms with Crippen molar-refractivity contribution in [3.63, 3.8) is 0 Å². The molecule has 0 N–H and O–H groups in total. The fourth-order valence-electron chi connectivity index (χ4n) is 0.704. The summed E-state index contributed by atoms with van der Waals surface area (Å²) in [7, 11) is 0. The van der Waals surface area contributed by atoms with Crippen LogP contribution in [0, 0.1) is 0 Å². The smallest absolute Gasteiger partial charge is 0.0924 e. The lowest BCUT2D eigenvalue weighted by Crippen LogP contribution is -1.80. The Balaban J connectivity index is 0. The van der Waals surface area contributed by atoms with E-state index in [1.165, 1.54) is 17.8 Å². The van der Waals surface area contributed by atoms with Gasteiger partial charge in [0, 0.05) is 11.6 Å². The first-order valence-electron chi connectivity index (χ1n) is 5.32. The zero-order valence-corrected chi connectivity index (χ0v) is 10.4. The highest BCUT2D eigenvalue weighted by Gasteiger charge is 1.91. The molecule has 0 radical (unpaired) electrons. The van der Waals surface area contributed by atoms with E-state index in [2.05, 4.69) is 11.9 Å². The summed E-state index contributed by atoms with van der Waals surface area (Å²) in [4.78, 5) is 4.17. The summed E-state index contributed by atoms with van der Waals surface area (Å²) in [5.74, 6) is 0. The van der Waals surface area contributed by atoms with Crippen LogP contribution in [-0.2, 0) is 6.42 Å². The Morgan fingerprint density at radius 1 is 1.23 bits per heavy atom. The van der Waals surface area contributed by atoms with Crippen LogP contribution in [-0.4, -0.2) is 4.98 Å². The lowest BCUT2D eigenvalue weighted by Gasteiger charge is -1.89. The van der Waals surface area contributed by atoms with Crippen LogP contribution < -0.4 is 0 Å². The van der Waals surface area contributed by atoms with Gasteiger partial charge in [0.1, 0.15) is 0 Å². The van der Waals surface area contributed by atoms with E-state index in [-0.39, 0.29) is 0 Å². The van der Waals surface area contributed by atoms with Crippen molar-refractivity contribution in [2.45, 2.75) is 53.9 Å². The highest BCUT2D eigenvalue weighted by molar-refractivity contribution is 7.09. The summed E-state index contributed by atoms with van der Waals surface area (Å²) in [5, 5.41) is 3.31. The molecule has 0 bridgehead atoms. The van der Waals surface area contributed by atoms with Crippen LogP contribution in [0.3, 0.4) is 0 Å². The maximum Gasteiger partial charge on any atom is 0.0924 e. The molecule has 0 atom stereocenters. The van der Waals surface area contributed by atoms with Crippen molar-refractivity contribution >= 4 is 11.3 Å². The van der Waals surface area contributed by atoms with Crippen LogP contribution in [0.15, 0.2) is 11.6 Å². The zero-order valence-electron chi connectivity index (χ0n) is 9.63. The third-order valence-electron chi connectivity index (χ3n) is 1.23. The second-order valence-electron chi connectivity index (χ2n) is 2.03. The third kappa shape index (κ3) is 9.54. The summed E-state index contributed by atoms with van der Waals surface area (Å²) >= 11 is 1.75. The maximum atomic E-state index is 4.17. The normalized spacial score (nSPS) is 7.77. The van der Waals surface area contributed by atoms with Crippen molar-refractivity contribution in [1.82, 2.24) is 4.98 Å². The molecule has 2 heteroatoms. The number of aromatic nitrogens is 1. The first-order chi connectivity index (χ1) is 6.43. The van der Waals surface area contributed by atoms with Gasteiger partial charge in [0.2, 0.25) is 0 Å². The Labute approximate surface area is 87.2 Å². The monoisotopic (exact) mass is 201 g/mol. The van der Waals surface area contributed by atoms with E-state index in [9.17, 15) is 0 Å². The average Bonchev–Trinajstić information content (AvgIpc) is 2.73. The van der Waals surface area contributed by atoms with Gasteiger partial charge in [0.25, 0.3) is 0 Å². The summed E-state index contributed by atoms with van der Waals surface area (Å²) in [6.07, 6.45) is 5.57. The molecule has 1 rings (SSSR count). The molecular weight excluding hydrogens is 178 g/mol. The molecule has 0 amide bonds. The average molecular weight is 201 g/mol. The van der Waals surface area contributed by atoms with E-state index in [1.807, 2.05) is 39.3 Å². The minimum atomic E-state index is 1.16. The molecule has 0 aliphatic carbocycles. The van der Waals surface area contributed by atoms with E-state index in [1.54, 1.807) is 11.3 Å². The maximum absolute atomic E-state index is 4.17. The molecule has 1 aromatic rings. The molecule has 0 saturated carbocycles. The van der Waals surface area contributed by atoms with Crippen LogP contribution in [0.2, 0.25) is 0 Å². The van der Waals surface area contributed by atoms with Crippen molar-refractivity contribution in [3.05, 3.63) is 16.6 Å². The quantitative estimate of drug-likeness (QED) is 0.699. The van der Waals surface area contributed by atoms with E-state index in [0.29, 0.717) is 0 Å². The Kier molecular flexibility index (Phi) is 16.5. The Hall–Kier alpha value is -0.370. The molecule has 0 aliphatic rings. The Bertz CT molecular complexity index is 147. The van der Waals surface area contributed by atoms with Gasteiger partial charge in [-0.3, -0.25) is 0 Å². The standard InChI is InChI=1S/C7H11NS.2C2H6/c1-2-3-4-7-8-5-6-9-7;2*1-2/h5-6H,2-4H2,1H3;2*1-2H3. The predicted octanol–water partition coefficient (Wildman–Crippen LogP) is 4.54. The van der Waals surface area contributed by atoms with Crippen molar-refractivity contribution < 1.29 is 0 Å². The van der Waals surface area contributed by atoms with Crippen molar-refractivity contribution in [1.29, 1.82) is 0 Å². The largest absolute Gasteiger partial charge is 0.250 e. The van der Waals surface area contributed by atoms with E-state index < -0.39 is 0 Å². The van der Waals surface area contributed by atoms with Gasteiger partial charge < -0.3 is 0 Å². The molecule has 1 heterocycles. The Morgan fingerprint density at radius 2 is 1.85 bits per heavy atom. The minimum Gasteiger partial charge on any atom is -0.250 e. The van der Waals surface area contributed by atoms with Crippen molar-refractivity contribution in [2.24, 2.45) is 0 Å². The van der Waals surface area contributed by atoms with Gasteiger partial charge in [-0.2, -0.15) is 0 Å². The van der Waals surface area contributed by atoms with Crippen LogP contribution in [0.25, 0.3) is 0 Å². The number of rotatable bonds is 3. The molecule has 1 nitrogen and oxygen atoms in total. The van der Waals surface area contributed by atoms with Crippen LogP contribution in [0.5, 0.6) is 0 Å². The van der Waals surface area contributed by atoms with Crippen LogP contribution in [0.1, 0.15) is 52.5 Å². The highest BCUT2D eigenvalue weighted by atomic mass is 32.1. The van der Waals surface area contributed by atoms with Gasteiger partial charge in [0.15, 0.2) is 0 Å². The molecule has 0 saturated heterocycles. The number of hydrogen-bond acceptors (Lipinski definition) is 2. The van der Waals surface area contributed by atoms with Gasteiger partial charge in [-0.25, -0.2) is 4.98 Å². The highest BCUT2D eigenvalue weighted by Crippen LogP contribution is 2.07. The van der Waals surface area contributed by atoms with E-state index in [4.69, 9.17) is 0 Å². The number of aryl methyl sites for hydroxylation is 1. The number of hydrogen-bond donors (Lipinski definition) is 0. The topological polar surface area (TPSA) is 12.9 Å². The van der Waals surface area contributed by atoms with Gasteiger partial charge in [0.05, 0.1) is 5.01 Å². The summed E-state index contributed by atoms with van der Waals surface area (Å²) in [5.41, 5.74) is 0. The fourth-order valence-corrected chi connectivity index (χ4v) is 1.37. The fraction of sp³-hybridized carbons (Fsp3) is 0.727. The second-order valence-corrected chi connectivity index (χ2v) is 3.01. The minimum absolute atomic E-state index is 1.16. The molecular formula is C11H23NS. The lowest BCUT2D eigenvalue weighted by molar-refractivity contribution is 0.790. The number of nitrogens with zero attached hydrogens (tertiary/aromatic N) is 1. The third-order valence-corrected chi connectivity index (χ3v) is 2.07. The summed E-state index contributed by atoms with van der Waals surface area (Å²) < 4.78 is 0. The molecule has 1 aromatic heterocycles. The first kappa shape index (κ1) is 15.1. The summed E-state index contributed by atoms with van der Waals surface area (Å²) in [6.45, 7) is 10.2. The molecule has 0 aliphatic heterocycles. The Morgan fingerprint density at radius 3 is 2.23 bits per heavy atom. The lowest BCUT2D eigenvalue weighted by atomic mass is 10.3. The first-order valence-corrected chi connectivity index (χ1v) is 6.20. The SMILES string of the molecule is CC.CC.CCCCc1nccs1. The van der Waals surface area contributed by atoms with Crippen LogP contribution in [0.4, 0.5) is 0 Å². The molecule has 13 heavy (non-hydrogen) atoms. The van der Waals surface area contributed by atoms with E-state index in [0.717, 1.165) is 6.42 Å². The van der Waals surface area contributed by atoms with Gasteiger partial charge in [-0.15, -0.1) is 11.3 Å². The predicted molar refractivity (Wildman–Crippen MR) is 63.4 cm³/mol. The summed E-state index contributed by atoms with van der Waals surface area (Å²) in [6, 6.07) is 0. The molecule has 0 spiro atoms. The number of thiazole rings is 1. The second kappa shape index (κ2) is 14.2. The van der Waals surface area contributed by atoms with E-state index >= 15 is 0 Å². The van der Waals surface area contributed by atoms with Crippen molar-refractivity contribution in [3.8, 4) is 0 Å². The molecule has 0 aromatic carbocycles. The van der Waals surface area contributed by atoms with Gasteiger partial charge in [-0.05, 0) is 12.8 Å². The molecule has 78 valence electrons. The number of unbranched alkanes of at least 4 members (excludes halogenated alkanes) is 1. The van der Waals surface area contributed by atoms with Gasteiger partial charge >= 0.3 is 0 Å². The zero-order chi connectivity index (χ0) is 10.5. The van der Waals surface area contributed by atoms with Gasteiger partial charge in [-0.1, -0.05) is 41.0 Å². The molecule has 0 unspecified atom stereocenters. The van der Waals surface area contributed by atoms with Crippen LogP contribution >= 0.6 is 11.3 Å². The van der Waals surface area contributed by atoms with Crippen molar-refractivity contribution in [2.75, 3.05) is 0 Å². The molecule has 0 fully saturated rings.